The van der Waals surface area contributed by atoms with Crippen molar-refractivity contribution in [2.45, 2.75) is 43.9 Å². The van der Waals surface area contributed by atoms with Gasteiger partial charge in [0, 0.05) is 31.7 Å². The molecule has 2 aliphatic heterocycles. The summed E-state index contributed by atoms with van der Waals surface area (Å²) in [6.07, 6.45) is 3.04. The monoisotopic (exact) mass is 384 g/mol. The topological polar surface area (TPSA) is 47.6 Å². The number of carbonyl (C=O) groups is 1. The number of hydrazine groups is 1. The van der Waals surface area contributed by atoms with Gasteiger partial charge in [-0.05, 0) is 54.3 Å². The van der Waals surface area contributed by atoms with E-state index in [9.17, 15) is 4.79 Å². The summed E-state index contributed by atoms with van der Waals surface area (Å²) in [5.41, 5.74) is 9.11. The van der Waals surface area contributed by atoms with Gasteiger partial charge in [-0.3, -0.25) is 9.69 Å². The molecule has 0 aliphatic carbocycles. The molecule has 3 atom stereocenters. The van der Waals surface area contributed by atoms with Gasteiger partial charge < -0.3 is 4.90 Å². The number of piperidine rings is 1. The zero-order valence-electron chi connectivity index (χ0n) is 15.8. The van der Waals surface area contributed by atoms with Crippen LogP contribution in [-0.4, -0.2) is 47.9 Å². The zero-order valence-corrected chi connectivity index (χ0v) is 16.6. The summed E-state index contributed by atoms with van der Waals surface area (Å²) in [7, 11) is 2.17. The number of likely N-dealkylation sites (tertiary alicyclic amines) is 1. The highest BCUT2D eigenvalue weighted by molar-refractivity contribution is 7.07. The van der Waals surface area contributed by atoms with E-state index in [0.717, 1.165) is 38.9 Å². The maximum absolute atomic E-state index is 13.0. The van der Waals surface area contributed by atoms with E-state index in [1.165, 1.54) is 11.1 Å². The first-order chi connectivity index (χ1) is 13.2. The lowest BCUT2D eigenvalue weighted by Crippen LogP contribution is -2.53. The number of thiophene rings is 1. The van der Waals surface area contributed by atoms with Crippen molar-refractivity contribution in [2.24, 2.45) is 0 Å². The molecular formula is C21H28N4OS. The molecule has 1 aromatic heterocycles. The molecule has 2 saturated heterocycles. The van der Waals surface area contributed by atoms with E-state index >= 15 is 0 Å². The Kier molecular flexibility index (Phi) is 5.88. The van der Waals surface area contributed by atoms with E-state index in [4.69, 9.17) is 0 Å². The average molecular weight is 385 g/mol. The predicted octanol–water partition coefficient (Wildman–Crippen LogP) is 2.78. The largest absolute Gasteiger partial charge is 0.340 e. The van der Waals surface area contributed by atoms with Crippen LogP contribution in [0.25, 0.3) is 0 Å². The lowest BCUT2D eigenvalue weighted by Gasteiger charge is -2.38. The van der Waals surface area contributed by atoms with Gasteiger partial charge in [-0.2, -0.15) is 11.3 Å². The molecule has 5 nitrogen and oxygen atoms in total. The van der Waals surface area contributed by atoms with Gasteiger partial charge in [0.15, 0.2) is 0 Å². The van der Waals surface area contributed by atoms with Crippen LogP contribution in [0.2, 0.25) is 0 Å². The van der Waals surface area contributed by atoms with Gasteiger partial charge in [0.2, 0.25) is 5.91 Å². The quantitative estimate of drug-likeness (QED) is 0.832. The third-order valence-electron chi connectivity index (χ3n) is 5.75. The van der Waals surface area contributed by atoms with Gasteiger partial charge >= 0.3 is 0 Å². The second-order valence-electron chi connectivity index (χ2n) is 7.67. The molecule has 0 bridgehead atoms. The Hall–Kier alpha value is -1.73. The van der Waals surface area contributed by atoms with Crippen molar-refractivity contribution < 1.29 is 4.79 Å². The summed E-state index contributed by atoms with van der Waals surface area (Å²) >= 11 is 1.70. The molecule has 144 valence electrons. The molecular weight excluding hydrogens is 356 g/mol. The standard InChI is InChI=1S/C21H28N4OS/c1-24(13-16-6-3-2-4-7-16)18-8-5-10-25(14-18)21(26)20-12-19(22-23-20)17-9-11-27-15-17/h2-4,6-7,9,11,15,18-20,22-23H,5,8,10,12-14H2,1H3. The minimum atomic E-state index is -0.131. The van der Waals surface area contributed by atoms with Crippen molar-refractivity contribution in [2.75, 3.05) is 20.1 Å². The number of carbonyl (C=O) groups excluding carboxylic acids is 1. The Balaban J connectivity index is 1.33. The molecule has 1 amide bonds. The average Bonchev–Trinajstić information content (AvgIpc) is 3.40. The van der Waals surface area contributed by atoms with E-state index in [2.05, 4.69) is 74.9 Å². The molecule has 2 fully saturated rings. The number of nitrogens with one attached hydrogen (secondary N) is 2. The van der Waals surface area contributed by atoms with Crippen LogP contribution in [0, 0.1) is 0 Å². The molecule has 0 saturated carbocycles. The summed E-state index contributed by atoms with van der Waals surface area (Å²) < 4.78 is 0. The molecule has 27 heavy (non-hydrogen) atoms. The van der Waals surface area contributed by atoms with Crippen molar-refractivity contribution in [3.63, 3.8) is 0 Å². The summed E-state index contributed by atoms with van der Waals surface area (Å²) in [5, 5.41) is 4.24. The van der Waals surface area contributed by atoms with Crippen LogP contribution < -0.4 is 10.9 Å². The third-order valence-corrected chi connectivity index (χ3v) is 6.45. The number of rotatable bonds is 5. The van der Waals surface area contributed by atoms with E-state index in [1.54, 1.807) is 11.3 Å². The highest BCUT2D eigenvalue weighted by atomic mass is 32.1. The Morgan fingerprint density at radius 1 is 1.26 bits per heavy atom. The van der Waals surface area contributed by atoms with Crippen LogP contribution in [0.15, 0.2) is 47.2 Å². The van der Waals surface area contributed by atoms with Gasteiger partial charge in [-0.25, -0.2) is 10.9 Å². The molecule has 3 unspecified atom stereocenters. The molecule has 2 N–H and O–H groups in total. The van der Waals surface area contributed by atoms with Crippen LogP contribution in [0.5, 0.6) is 0 Å². The summed E-state index contributed by atoms with van der Waals surface area (Å²) in [5.74, 6) is 0.234. The molecule has 1 aromatic carbocycles. The van der Waals surface area contributed by atoms with Crippen LogP contribution in [0.4, 0.5) is 0 Å². The van der Waals surface area contributed by atoms with Crippen molar-refractivity contribution in [3.05, 3.63) is 58.3 Å². The first-order valence-electron chi connectivity index (χ1n) is 9.77. The molecule has 3 heterocycles. The van der Waals surface area contributed by atoms with Crippen molar-refractivity contribution >= 4 is 17.2 Å². The molecule has 2 aliphatic rings. The lowest BCUT2D eigenvalue weighted by atomic mass is 10.0. The van der Waals surface area contributed by atoms with Crippen LogP contribution >= 0.6 is 11.3 Å². The minimum absolute atomic E-state index is 0.131. The Morgan fingerprint density at radius 2 is 2.11 bits per heavy atom. The Bertz CT molecular complexity index is 736. The fourth-order valence-corrected chi connectivity index (χ4v) is 4.86. The van der Waals surface area contributed by atoms with Crippen molar-refractivity contribution in [3.8, 4) is 0 Å². The summed E-state index contributed by atoms with van der Waals surface area (Å²) in [4.78, 5) is 17.5. The van der Waals surface area contributed by atoms with E-state index in [1.807, 2.05) is 0 Å². The number of likely N-dealkylation sites (N-methyl/N-ethyl adjacent to an activating group) is 1. The maximum atomic E-state index is 13.0. The second kappa shape index (κ2) is 8.52. The van der Waals surface area contributed by atoms with Gasteiger partial charge in [0.05, 0.1) is 0 Å². The number of hydrogen-bond donors (Lipinski definition) is 2. The van der Waals surface area contributed by atoms with Crippen LogP contribution in [0.1, 0.15) is 36.4 Å². The smallest absolute Gasteiger partial charge is 0.241 e. The SMILES string of the molecule is CN(Cc1ccccc1)C1CCCN(C(=O)C2CC(c3ccsc3)NN2)C1. The van der Waals surface area contributed by atoms with Gasteiger partial charge in [0.1, 0.15) is 6.04 Å². The van der Waals surface area contributed by atoms with E-state index in [0.29, 0.717) is 6.04 Å². The Labute approximate surface area is 165 Å². The molecule has 0 radical (unpaired) electrons. The van der Waals surface area contributed by atoms with Gasteiger partial charge in [-0.1, -0.05) is 30.3 Å². The molecule has 4 rings (SSSR count). The fraction of sp³-hybridized carbons (Fsp3) is 0.476. The van der Waals surface area contributed by atoms with Crippen molar-refractivity contribution in [1.29, 1.82) is 0 Å². The first-order valence-corrected chi connectivity index (χ1v) is 10.7. The maximum Gasteiger partial charge on any atom is 0.241 e. The highest BCUT2D eigenvalue weighted by Gasteiger charge is 2.35. The third kappa shape index (κ3) is 4.41. The lowest BCUT2D eigenvalue weighted by molar-refractivity contribution is -0.135. The number of benzene rings is 1. The predicted molar refractivity (Wildman–Crippen MR) is 109 cm³/mol. The number of hydrogen-bond acceptors (Lipinski definition) is 5. The van der Waals surface area contributed by atoms with E-state index < -0.39 is 0 Å². The summed E-state index contributed by atoms with van der Waals surface area (Å²) in [6, 6.07) is 13.2. The zero-order chi connectivity index (χ0) is 18.6. The molecule has 6 heteroatoms. The number of nitrogens with zero attached hydrogens (tertiary/aromatic N) is 2. The normalized spacial score (nSPS) is 25.9. The van der Waals surface area contributed by atoms with Gasteiger partial charge in [-0.15, -0.1) is 0 Å². The number of amides is 1. The molecule has 0 spiro atoms. The second-order valence-corrected chi connectivity index (χ2v) is 8.45. The van der Waals surface area contributed by atoms with Crippen LogP contribution in [0.3, 0.4) is 0 Å². The summed E-state index contributed by atoms with van der Waals surface area (Å²) in [6.45, 7) is 2.62. The van der Waals surface area contributed by atoms with E-state index in [-0.39, 0.29) is 18.0 Å². The highest BCUT2D eigenvalue weighted by Crippen LogP contribution is 2.26. The minimum Gasteiger partial charge on any atom is -0.340 e. The fourth-order valence-electron chi connectivity index (χ4n) is 4.15. The first kappa shape index (κ1) is 18.6. The van der Waals surface area contributed by atoms with Gasteiger partial charge in [0.25, 0.3) is 0 Å². The van der Waals surface area contributed by atoms with Crippen LogP contribution in [-0.2, 0) is 11.3 Å². The Morgan fingerprint density at radius 3 is 2.89 bits per heavy atom. The molecule has 2 aromatic rings. The van der Waals surface area contributed by atoms with Crippen molar-refractivity contribution in [1.82, 2.24) is 20.7 Å².